The van der Waals surface area contributed by atoms with Crippen molar-refractivity contribution in [3.8, 4) is 0 Å². The van der Waals surface area contributed by atoms with E-state index in [0.717, 1.165) is 24.2 Å². The van der Waals surface area contributed by atoms with Gasteiger partial charge in [-0.2, -0.15) is 0 Å². The molecule has 1 aromatic rings. The number of aliphatic hydroxyl groups excluding tert-OH is 1. The lowest BCUT2D eigenvalue weighted by Crippen LogP contribution is -2.42. The highest BCUT2D eigenvalue weighted by Crippen LogP contribution is 2.19. The summed E-state index contributed by atoms with van der Waals surface area (Å²) in [7, 11) is 0. The summed E-state index contributed by atoms with van der Waals surface area (Å²) in [6.45, 7) is 1.03. The zero-order chi connectivity index (χ0) is 10.8. The molecule has 1 N–H and O–H groups in total. The van der Waals surface area contributed by atoms with E-state index >= 15 is 0 Å². The summed E-state index contributed by atoms with van der Waals surface area (Å²) in [4.78, 5) is 13.4. The van der Waals surface area contributed by atoms with Crippen LogP contribution < -0.4 is 0 Å². The zero-order valence-electron chi connectivity index (χ0n) is 7.89. The second-order valence-corrected chi connectivity index (χ2v) is 4.97. The summed E-state index contributed by atoms with van der Waals surface area (Å²) >= 11 is 6.66. The normalized spacial score (nSPS) is 21.7. The van der Waals surface area contributed by atoms with Crippen molar-refractivity contribution < 1.29 is 9.90 Å². The third-order valence-corrected chi connectivity index (χ3v) is 3.27. The van der Waals surface area contributed by atoms with Gasteiger partial charge in [-0.05, 0) is 24.4 Å². The molecule has 0 unspecified atom stereocenters. The van der Waals surface area contributed by atoms with Gasteiger partial charge in [0.05, 0.1) is 6.10 Å². The van der Waals surface area contributed by atoms with Crippen molar-refractivity contribution in [3.05, 3.63) is 9.47 Å². The number of β-amino-alcohol motifs (C(OH)–C–C–N with tert-alkyl or cyclic N) is 1. The maximum atomic E-state index is 11.8. The Morgan fingerprint density at radius 1 is 1.60 bits per heavy atom. The molecule has 2 heterocycles. The fraction of sp³-hybridized carbons (Fsp3) is 0.625. The summed E-state index contributed by atoms with van der Waals surface area (Å²) in [6, 6.07) is 0. The average Bonchev–Trinajstić information content (AvgIpc) is 2.64. The summed E-state index contributed by atoms with van der Waals surface area (Å²) in [6.07, 6.45) is 1.14. The van der Waals surface area contributed by atoms with Crippen LogP contribution >= 0.6 is 22.9 Å². The number of rotatable bonds is 1. The van der Waals surface area contributed by atoms with Crippen molar-refractivity contribution in [2.75, 3.05) is 13.1 Å². The summed E-state index contributed by atoms with van der Waals surface area (Å²) in [5.74, 6) is -0.196. The Bertz CT molecular complexity index is 371. The van der Waals surface area contributed by atoms with Crippen LogP contribution in [-0.2, 0) is 0 Å². The van der Waals surface area contributed by atoms with Crippen LogP contribution in [0.1, 0.15) is 22.6 Å². The lowest BCUT2D eigenvalue weighted by Gasteiger charge is -2.29. The molecular formula is C8H10ClN3O2S. The zero-order valence-corrected chi connectivity index (χ0v) is 9.46. The van der Waals surface area contributed by atoms with Gasteiger partial charge in [0.15, 0.2) is 0 Å². The van der Waals surface area contributed by atoms with Gasteiger partial charge in [-0.3, -0.25) is 4.79 Å². The van der Waals surface area contributed by atoms with Gasteiger partial charge in [0.1, 0.15) is 0 Å². The van der Waals surface area contributed by atoms with Crippen LogP contribution in [0.15, 0.2) is 0 Å². The van der Waals surface area contributed by atoms with Crippen molar-refractivity contribution in [1.29, 1.82) is 0 Å². The molecule has 0 radical (unpaired) electrons. The first-order valence-electron chi connectivity index (χ1n) is 4.63. The highest BCUT2D eigenvalue weighted by Gasteiger charge is 2.25. The fourth-order valence-electron chi connectivity index (χ4n) is 1.57. The number of nitrogens with zero attached hydrogens (tertiary/aromatic N) is 3. The molecule has 1 atom stereocenters. The predicted molar refractivity (Wildman–Crippen MR) is 56.1 cm³/mol. The van der Waals surface area contributed by atoms with Gasteiger partial charge in [0.2, 0.25) is 9.47 Å². The van der Waals surface area contributed by atoms with Gasteiger partial charge < -0.3 is 10.0 Å². The van der Waals surface area contributed by atoms with Crippen molar-refractivity contribution in [2.45, 2.75) is 18.9 Å². The standard InChI is InChI=1S/C8H10ClN3O2S/c9-8-11-10-6(15-8)7(14)12-3-1-2-5(13)4-12/h5,13H,1-4H2/t5-/m0/s1. The maximum Gasteiger partial charge on any atom is 0.284 e. The molecule has 5 nitrogen and oxygen atoms in total. The van der Waals surface area contributed by atoms with E-state index in [1.807, 2.05) is 0 Å². The molecule has 0 saturated carbocycles. The lowest BCUT2D eigenvalue weighted by atomic mass is 10.1. The van der Waals surface area contributed by atoms with Crippen LogP contribution in [0.2, 0.25) is 4.47 Å². The molecule has 0 bridgehead atoms. The molecule has 0 aromatic carbocycles. The van der Waals surface area contributed by atoms with Crippen LogP contribution in [0.25, 0.3) is 0 Å². The molecule has 15 heavy (non-hydrogen) atoms. The number of hydrogen-bond acceptors (Lipinski definition) is 5. The molecule has 1 fully saturated rings. The molecule has 82 valence electrons. The van der Waals surface area contributed by atoms with Crippen LogP contribution in [0.4, 0.5) is 0 Å². The SMILES string of the molecule is O=C(c1nnc(Cl)s1)N1CCC[C@H](O)C1. The summed E-state index contributed by atoms with van der Waals surface area (Å²) in [5.41, 5.74) is 0. The fourth-order valence-corrected chi connectivity index (χ4v) is 2.36. The minimum Gasteiger partial charge on any atom is -0.391 e. The van der Waals surface area contributed by atoms with Gasteiger partial charge in [0, 0.05) is 13.1 Å². The van der Waals surface area contributed by atoms with E-state index in [1.54, 1.807) is 4.90 Å². The van der Waals surface area contributed by atoms with E-state index in [1.165, 1.54) is 0 Å². The number of hydrogen-bond donors (Lipinski definition) is 1. The first kappa shape index (κ1) is 10.8. The third kappa shape index (κ3) is 2.45. The molecule has 0 aliphatic carbocycles. The van der Waals surface area contributed by atoms with E-state index in [-0.39, 0.29) is 15.4 Å². The largest absolute Gasteiger partial charge is 0.391 e. The van der Waals surface area contributed by atoms with E-state index in [9.17, 15) is 9.90 Å². The molecule has 1 saturated heterocycles. The Morgan fingerprint density at radius 3 is 3.00 bits per heavy atom. The Morgan fingerprint density at radius 2 is 2.40 bits per heavy atom. The topological polar surface area (TPSA) is 66.3 Å². The third-order valence-electron chi connectivity index (χ3n) is 2.27. The Labute approximate surface area is 95.7 Å². The number of aromatic nitrogens is 2. The molecule has 1 aromatic heterocycles. The molecule has 2 rings (SSSR count). The number of aliphatic hydroxyl groups is 1. The summed E-state index contributed by atoms with van der Waals surface area (Å²) in [5, 5.41) is 17.0. The minimum absolute atomic E-state index is 0.196. The lowest BCUT2D eigenvalue weighted by molar-refractivity contribution is 0.0473. The Hall–Kier alpha value is -0.720. The molecule has 0 spiro atoms. The summed E-state index contributed by atoms with van der Waals surface area (Å²) < 4.78 is 0.260. The van der Waals surface area contributed by atoms with Crippen LogP contribution in [0.5, 0.6) is 0 Å². The molecule has 1 aliphatic heterocycles. The highest BCUT2D eigenvalue weighted by atomic mass is 35.5. The van der Waals surface area contributed by atoms with Gasteiger partial charge >= 0.3 is 0 Å². The van der Waals surface area contributed by atoms with Gasteiger partial charge in [-0.15, -0.1) is 10.2 Å². The number of halogens is 1. The number of likely N-dealkylation sites (tertiary alicyclic amines) is 1. The maximum absolute atomic E-state index is 11.8. The first-order valence-corrected chi connectivity index (χ1v) is 5.82. The van der Waals surface area contributed by atoms with Gasteiger partial charge in [-0.1, -0.05) is 11.3 Å². The predicted octanol–water partition coefficient (Wildman–Crippen LogP) is 0.788. The number of carbonyl (C=O) groups is 1. The number of amides is 1. The quantitative estimate of drug-likeness (QED) is 0.797. The average molecular weight is 248 g/mol. The second kappa shape index (κ2) is 4.42. The van der Waals surface area contributed by atoms with Crippen LogP contribution in [0, 0.1) is 0 Å². The van der Waals surface area contributed by atoms with E-state index in [4.69, 9.17) is 11.6 Å². The van der Waals surface area contributed by atoms with Gasteiger partial charge in [0.25, 0.3) is 5.91 Å². The smallest absolute Gasteiger partial charge is 0.284 e. The highest BCUT2D eigenvalue weighted by molar-refractivity contribution is 7.17. The Kier molecular flexibility index (Phi) is 3.18. The van der Waals surface area contributed by atoms with E-state index in [2.05, 4.69) is 10.2 Å². The van der Waals surface area contributed by atoms with Crippen LogP contribution in [0.3, 0.4) is 0 Å². The van der Waals surface area contributed by atoms with E-state index < -0.39 is 6.10 Å². The Balaban J connectivity index is 2.07. The number of carbonyl (C=O) groups excluding carboxylic acids is 1. The van der Waals surface area contributed by atoms with E-state index in [0.29, 0.717) is 13.1 Å². The monoisotopic (exact) mass is 247 g/mol. The van der Waals surface area contributed by atoms with Crippen molar-refractivity contribution in [2.24, 2.45) is 0 Å². The van der Waals surface area contributed by atoms with Crippen molar-refractivity contribution in [3.63, 3.8) is 0 Å². The minimum atomic E-state index is -0.425. The molecular weight excluding hydrogens is 238 g/mol. The first-order chi connectivity index (χ1) is 7.16. The number of piperidine rings is 1. The molecule has 1 amide bonds. The second-order valence-electron chi connectivity index (χ2n) is 3.41. The van der Waals surface area contributed by atoms with Gasteiger partial charge in [-0.25, -0.2) is 0 Å². The van der Waals surface area contributed by atoms with Crippen molar-refractivity contribution in [1.82, 2.24) is 15.1 Å². The molecule has 1 aliphatic rings. The van der Waals surface area contributed by atoms with Crippen molar-refractivity contribution >= 4 is 28.8 Å². The van der Waals surface area contributed by atoms with Crippen LogP contribution in [-0.4, -0.2) is 45.3 Å². The molecule has 7 heteroatoms.